The van der Waals surface area contributed by atoms with Crippen molar-refractivity contribution in [1.29, 1.82) is 0 Å². The molecule has 1 heterocycles. The summed E-state index contributed by atoms with van der Waals surface area (Å²) in [5, 5.41) is 0.240. The molecule has 0 amide bonds. The van der Waals surface area contributed by atoms with E-state index in [2.05, 4.69) is 16.3 Å². The van der Waals surface area contributed by atoms with Crippen molar-refractivity contribution in [2.24, 2.45) is 0 Å². The number of methoxy groups -OCH3 is 1. The van der Waals surface area contributed by atoms with E-state index in [9.17, 15) is 4.79 Å². The molecule has 0 unspecified atom stereocenters. The van der Waals surface area contributed by atoms with Crippen molar-refractivity contribution in [2.75, 3.05) is 13.7 Å². The summed E-state index contributed by atoms with van der Waals surface area (Å²) in [7, 11) is 1.23. The molecule has 0 bridgehead atoms. The molecular formula is C11H11Cl2NO3. The van der Waals surface area contributed by atoms with Gasteiger partial charge in [-0.3, -0.25) is 0 Å². The van der Waals surface area contributed by atoms with E-state index in [4.69, 9.17) is 27.9 Å². The third kappa shape index (κ3) is 3.11. The number of carbonyl (C=O) groups excluding carboxylic acids is 1. The van der Waals surface area contributed by atoms with E-state index in [1.165, 1.54) is 13.2 Å². The number of pyridine rings is 1. The Bertz CT molecular complexity index is 460. The zero-order valence-corrected chi connectivity index (χ0v) is 10.9. The number of esters is 1. The number of hydrogen-bond acceptors (Lipinski definition) is 4. The highest BCUT2D eigenvalue weighted by Crippen LogP contribution is 2.28. The molecule has 4 nitrogen and oxygen atoms in total. The fourth-order valence-corrected chi connectivity index (χ4v) is 1.49. The van der Waals surface area contributed by atoms with Crippen LogP contribution in [0.3, 0.4) is 0 Å². The van der Waals surface area contributed by atoms with Crippen LogP contribution in [0.4, 0.5) is 0 Å². The first-order chi connectivity index (χ1) is 8.01. The molecule has 0 fully saturated rings. The highest BCUT2D eigenvalue weighted by molar-refractivity contribution is 6.43. The Morgan fingerprint density at radius 1 is 1.53 bits per heavy atom. The molecule has 0 N–H and O–H groups in total. The van der Waals surface area contributed by atoms with Gasteiger partial charge in [0.25, 0.3) is 0 Å². The minimum atomic E-state index is -0.664. The maximum Gasteiger partial charge on any atom is 0.358 e. The van der Waals surface area contributed by atoms with Gasteiger partial charge in [-0.05, 0) is 13.0 Å². The van der Waals surface area contributed by atoms with Gasteiger partial charge < -0.3 is 9.47 Å². The molecule has 1 rings (SSSR count). The monoisotopic (exact) mass is 275 g/mol. The van der Waals surface area contributed by atoms with Gasteiger partial charge in [0.15, 0.2) is 5.69 Å². The molecule has 0 aliphatic carbocycles. The number of halogens is 2. The Labute approximate surface area is 109 Å². The topological polar surface area (TPSA) is 48.4 Å². The van der Waals surface area contributed by atoms with E-state index in [0.717, 1.165) is 0 Å². The van der Waals surface area contributed by atoms with Crippen LogP contribution in [0.15, 0.2) is 12.6 Å². The summed E-state index contributed by atoms with van der Waals surface area (Å²) >= 11 is 11.7. The van der Waals surface area contributed by atoms with Crippen LogP contribution in [0.2, 0.25) is 10.0 Å². The zero-order chi connectivity index (χ0) is 13.0. The van der Waals surface area contributed by atoms with Crippen molar-refractivity contribution in [2.45, 2.75) is 6.92 Å². The first-order valence-corrected chi connectivity index (χ1v) is 5.53. The Kier molecular flexibility index (Phi) is 4.78. The van der Waals surface area contributed by atoms with Gasteiger partial charge in [0, 0.05) is 0 Å². The van der Waals surface area contributed by atoms with Crippen LogP contribution in [-0.4, -0.2) is 24.7 Å². The molecule has 92 valence electrons. The lowest BCUT2D eigenvalue weighted by Crippen LogP contribution is -2.08. The van der Waals surface area contributed by atoms with Crippen LogP contribution in [0, 0.1) is 0 Å². The van der Waals surface area contributed by atoms with Crippen molar-refractivity contribution in [3.05, 3.63) is 34.1 Å². The van der Waals surface area contributed by atoms with Crippen LogP contribution in [0.1, 0.15) is 23.1 Å². The first kappa shape index (κ1) is 13.8. The van der Waals surface area contributed by atoms with Gasteiger partial charge in [0.1, 0.15) is 11.5 Å². The van der Waals surface area contributed by atoms with Gasteiger partial charge in [-0.25, -0.2) is 9.78 Å². The number of carbonyl (C=O) groups is 1. The van der Waals surface area contributed by atoms with Gasteiger partial charge in [0.05, 0.1) is 23.8 Å². The van der Waals surface area contributed by atoms with E-state index < -0.39 is 5.97 Å². The summed E-state index contributed by atoms with van der Waals surface area (Å²) in [6.07, 6.45) is 0. The number of aromatic nitrogens is 1. The second-order valence-electron chi connectivity index (χ2n) is 3.00. The maximum atomic E-state index is 11.4. The SMILES string of the molecule is C=C(OCC)c1cc(Cl)c(Cl)c(C(=O)OC)n1. The maximum absolute atomic E-state index is 11.4. The Morgan fingerprint density at radius 3 is 2.71 bits per heavy atom. The lowest BCUT2D eigenvalue weighted by Gasteiger charge is -2.09. The molecule has 1 aromatic rings. The Morgan fingerprint density at radius 2 is 2.18 bits per heavy atom. The zero-order valence-electron chi connectivity index (χ0n) is 9.42. The molecule has 17 heavy (non-hydrogen) atoms. The standard InChI is InChI=1S/C11H11Cl2NO3/c1-4-17-6(2)8-5-7(12)9(13)10(14-8)11(15)16-3/h5H,2,4H2,1,3H3. The lowest BCUT2D eigenvalue weighted by molar-refractivity contribution is 0.0594. The molecule has 0 aromatic carbocycles. The average molecular weight is 276 g/mol. The molecule has 1 aromatic heterocycles. The third-order valence-corrected chi connectivity index (χ3v) is 2.67. The van der Waals surface area contributed by atoms with Gasteiger partial charge in [0.2, 0.25) is 0 Å². The highest BCUT2D eigenvalue weighted by Gasteiger charge is 2.18. The minimum absolute atomic E-state index is 0.0477. The van der Waals surface area contributed by atoms with Crippen LogP contribution < -0.4 is 0 Å². The summed E-state index contributed by atoms with van der Waals surface area (Å²) < 4.78 is 9.73. The molecule has 0 atom stereocenters. The van der Waals surface area contributed by atoms with Gasteiger partial charge in [-0.2, -0.15) is 0 Å². The Hall–Kier alpha value is -1.26. The normalized spacial score (nSPS) is 9.88. The van der Waals surface area contributed by atoms with E-state index in [1.807, 2.05) is 6.92 Å². The fourth-order valence-electron chi connectivity index (χ4n) is 1.12. The number of nitrogens with zero attached hydrogens (tertiary/aromatic N) is 1. The molecular weight excluding hydrogens is 265 g/mol. The second kappa shape index (κ2) is 5.89. The molecule has 0 aliphatic heterocycles. The molecule has 0 saturated carbocycles. The minimum Gasteiger partial charge on any atom is -0.492 e. The predicted octanol–water partition coefficient (Wildman–Crippen LogP) is 3.18. The molecule has 0 radical (unpaired) electrons. The fraction of sp³-hybridized carbons (Fsp3) is 0.273. The van der Waals surface area contributed by atoms with E-state index in [1.54, 1.807) is 0 Å². The number of rotatable bonds is 4. The van der Waals surface area contributed by atoms with Gasteiger partial charge in [-0.1, -0.05) is 29.8 Å². The van der Waals surface area contributed by atoms with Crippen LogP contribution in [0.25, 0.3) is 5.76 Å². The quantitative estimate of drug-likeness (QED) is 0.626. The third-order valence-electron chi connectivity index (χ3n) is 1.90. The van der Waals surface area contributed by atoms with Crippen molar-refractivity contribution in [1.82, 2.24) is 4.98 Å². The van der Waals surface area contributed by atoms with Crippen molar-refractivity contribution in [3.8, 4) is 0 Å². The summed E-state index contributed by atoms with van der Waals surface area (Å²) in [5.74, 6) is -0.348. The van der Waals surface area contributed by atoms with Gasteiger partial charge in [-0.15, -0.1) is 0 Å². The van der Waals surface area contributed by atoms with Crippen LogP contribution in [-0.2, 0) is 9.47 Å². The summed E-state index contributed by atoms with van der Waals surface area (Å²) in [4.78, 5) is 15.4. The molecule has 6 heteroatoms. The predicted molar refractivity (Wildman–Crippen MR) is 66.3 cm³/mol. The highest BCUT2D eigenvalue weighted by atomic mass is 35.5. The van der Waals surface area contributed by atoms with Crippen LogP contribution in [0.5, 0.6) is 0 Å². The summed E-state index contributed by atoms with van der Waals surface area (Å²) in [5.41, 5.74) is 0.291. The number of hydrogen-bond donors (Lipinski definition) is 0. The van der Waals surface area contributed by atoms with Crippen molar-refractivity contribution < 1.29 is 14.3 Å². The Balaban J connectivity index is 3.23. The average Bonchev–Trinajstić information content (AvgIpc) is 2.31. The molecule has 0 aliphatic rings. The molecule has 0 spiro atoms. The van der Waals surface area contributed by atoms with E-state index in [0.29, 0.717) is 18.1 Å². The largest absolute Gasteiger partial charge is 0.492 e. The second-order valence-corrected chi connectivity index (χ2v) is 3.78. The van der Waals surface area contributed by atoms with E-state index in [-0.39, 0.29) is 15.7 Å². The first-order valence-electron chi connectivity index (χ1n) is 4.77. The number of ether oxygens (including phenoxy) is 2. The van der Waals surface area contributed by atoms with Crippen molar-refractivity contribution in [3.63, 3.8) is 0 Å². The van der Waals surface area contributed by atoms with Crippen molar-refractivity contribution >= 4 is 34.9 Å². The van der Waals surface area contributed by atoms with Gasteiger partial charge >= 0.3 is 5.97 Å². The summed E-state index contributed by atoms with van der Waals surface area (Å²) in [6, 6.07) is 1.48. The summed E-state index contributed by atoms with van der Waals surface area (Å²) in [6.45, 7) is 5.92. The smallest absolute Gasteiger partial charge is 0.358 e. The van der Waals surface area contributed by atoms with Crippen LogP contribution >= 0.6 is 23.2 Å². The molecule has 0 saturated heterocycles. The lowest BCUT2D eigenvalue weighted by atomic mass is 10.2. The van der Waals surface area contributed by atoms with E-state index >= 15 is 0 Å².